The number of hydrogen-bond acceptors (Lipinski definition) is 5. The van der Waals surface area contributed by atoms with Gasteiger partial charge in [-0.15, -0.1) is 0 Å². The number of ether oxygens (including phenoxy) is 1. The van der Waals surface area contributed by atoms with E-state index in [4.69, 9.17) is 9.84 Å². The van der Waals surface area contributed by atoms with Gasteiger partial charge >= 0.3 is 5.97 Å². The zero-order chi connectivity index (χ0) is 16.2. The second-order valence-electron chi connectivity index (χ2n) is 5.01. The topological polar surface area (TPSA) is 119 Å². The lowest BCUT2D eigenvalue weighted by molar-refractivity contribution is -0.385. The summed E-state index contributed by atoms with van der Waals surface area (Å²) in [5.74, 6) is -1.51. The van der Waals surface area contributed by atoms with Crippen LogP contribution in [0.1, 0.15) is 24.2 Å². The molecule has 0 saturated carbocycles. The monoisotopic (exact) mass is 296 g/mol. The number of amides is 1. The fourth-order valence-electron chi connectivity index (χ4n) is 1.46. The van der Waals surface area contributed by atoms with E-state index in [1.54, 1.807) is 0 Å². The molecule has 0 radical (unpaired) electrons. The first-order valence-electron chi connectivity index (χ1n) is 6.03. The number of nitro groups is 1. The molecule has 0 spiro atoms. The molecule has 1 aromatic carbocycles. The third-order valence-electron chi connectivity index (χ3n) is 2.91. The summed E-state index contributed by atoms with van der Waals surface area (Å²) < 4.78 is 4.93. The molecule has 0 fully saturated rings. The highest BCUT2D eigenvalue weighted by Crippen LogP contribution is 2.24. The van der Waals surface area contributed by atoms with E-state index in [0.717, 1.165) is 6.07 Å². The maximum atomic E-state index is 12.0. The first-order chi connectivity index (χ1) is 9.69. The largest absolute Gasteiger partial charge is 0.497 e. The number of nitrogens with one attached hydrogen (secondary N) is 1. The maximum Gasteiger partial charge on any atom is 0.310 e. The number of carbonyl (C=O) groups is 2. The standard InChI is InChI=1S/C13H16N2O6/c1-13(2,12(17)18)7-14-11(16)9-6-8(21-3)4-5-10(9)15(19)20/h4-6H,7H2,1-3H3,(H,14,16)(H,17,18). The summed E-state index contributed by atoms with van der Waals surface area (Å²) in [5.41, 5.74) is -1.73. The second-order valence-corrected chi connectivity index (χ2v) is 5.01. The van der Waals surface area contributed by atoms with E-state index < -0.39 is 22.2 Å². The molecule has 1 amide bonds. The molecule has 0 aliphatic heterocycles. The lowest BCUT2D eigenvalue weighted by Crippen LogP contribution is -2.39. The van der Waals surface area contributed by atoms with Gasteiger partial charge in [0, 0.05) is 12.6 Å². The fraction of sp³-hybridized carbons (Fsp3) is 0.385. The number of nitro benzene ring substituents is 1. The number of rotatable bonds is 6. The van der Waals surface area contributed by atoms with E-state index in [2.05, 4.69) is 5.32 Å². The van der Waals surface area contributed by atoms with Gasteiger partial charge in [-0.2, -0.15) is 0 Å². The lowest BCUT2D eigenvalue weighted by Gasteiger charge is -2.19. The Labute approximate surface area is 120 Å². The van der Waals surface area contributed by atoms with Crippen molar-refractivity contribution in [2.45, 2.75) is 13.8 Å². The molecular formula is C13H16N2O6. The van der Waals surface area contributed by atoms with Gasteiger partial charge in [0.2, 0.25) is 0 Å². The number of carbonyl (C=O) groups excluding carboxylic acids is 1. The van der Waals surface area contributed by atoms with Gasteiger partial charge in [-0.1, -0.05) is 0 Å². The third kappa shape index (κ3) is 3.91. The molecule has 1 aromatic rings. The molecule has 2 N–H and O–H groups in total. The normalized spacial score (nSPS) is 10.8. The van der Waals surface area contributed by atoms with Crippen molar-refractivity contribution in [1.29, 1.82) is 0 Å². The highest BCUT2D eigenvalue weighted by atomic mass is 16.6. The van der Waals surface area contributed by atoms with Gasteiger partial charge in [0.05, 0.1) is 17.4 Å². The summed E-state index contributed by atoms with van der Waals surface area (Å²) >= 11 is 0. The van der Waals surface area contributed by atoms with Crippen LogP contribution >= 0.6 is 0 Å². The van der Waals surface area contributed by atoms with Crippen LogP contribution in [0, 0.1) is 15.5 Å². The van der Waals surface area contributed by atoms with Crippen LogP contribution in [0.25, 0.3) is 0 Å². The molecule has 0 bridgehead atoms. The number of nitrogens with zero attached hydrogens (tertiary/aromatic N) is 1. The Bertz CT molecular complexity index is 582. The number of aliphatic carboxylic acids is 1. The quantitative estimate of drug-likeness (QED) is 0.605. The second kappa shape index (κ2) is 6.21. The van der Waals surface area contributed by atoms with Gasteiger partial charge < -0.3 is 15.2 Å². The number of benzene rings is 1. The summed E-state index contributed by atoms with van der Waals surface area (Å²) in [7, 11) is 1.37. The van der Waals surface area contributed by atoms with Gasteiger partial charge in [-0.05, 0) is 26.0 Å². The Hall–Kier alpha value is -2.64. The average molecular weight is 296 g/mol. The zero-order valence-electron chi connectivity index (χ0n) is 11.9. The molecule has 0 heterocycles. The van der Waals surface area contributed by atoms with Gasteiger partial charge in [0.1, 0.15) is 11.3 Å². The number of methoxy groups -OCH3 is 1. The van der Waals surface area contributed by atoms with Gasteiger partial charge in [-0.3, -0.25) is 19.7 Å². The van der Waals surface area contributed by atoms with Gasteiger partial charge in [0.25, 0.3) is 11.6 Å². The van der Waals surface area contributed by atoms with E-state index in [0.29, 0.717) is 5.75 Å². The minimum Gasteiger partial charge on any atom is -0.497 e. The van der Waals surface area contributed by atoms with Crippen LogP contribution in [0.5, 0.6) is 5.75 Å². The Balaban J connectivity index is 3.01. The molecule has 8 nitrogen and oxygen atoms in total. The van der Waals surface area contributed by atoms with E-state index >= 15 is 0 Å². The smallest absolute Gasteiger partial charge is 0.310 e. The van der Waals surface area contributed by atoms with E-state index in [9.17, 15) is 19.7 Å². The molecule has 0 saturated heterocycles. The van der Waals surface area contributed by atoms with Crippen LogP contribution in [0.2, 0.25) is 0 Å². The van der Waals surface area contributed by atoms with Gasteiger partial charge in [0.15, 0.2) is 0 Å². The Morgan fingerprint density at radius 1 is 1.43 bits per heavy atom. The molecular weight excluding hydrogens is 280 g/mol. The first kappa shape index (κ1) is 16.4. The van der Waals surface area contributed by atoms with Crippen molar-refractivity contribution in [2.75, 3.05) is 13.7 Å². The first-order valence-corrected chi connectivity index (χ1v) is 6.03. The van der Waals surface area contributed by atoms with Crippen molar-refractivity contribution in [3.05, 3.63) is 33.9 Å². The summed E-state index contributed by atoms with van der Waals surface area (Å²) in [6.45, 7) is 2.72. The number of hydrogen-bond donors (Lipinski definition) is 2. The predicted molar refractivity (Wildman–Crippen MR) is 73.4 cm³/mol. The molecule has 21 heavy (non-hydrogen) atoms. The molecule has 0 aromatic heterocycles. The molecule has 0 unspecified atom stereocenters. The predicted octanol–water partition coefficient (Wildman–Crippen LogP) is 1.44. The summed E-state index contributed by atoms with van der Waals surface area (Å²) in [5, 5.41) is 22.3. The zero-order valence-corrected chi connectivity index (χ0v) is 11.9. The van der Waals surface area contributed by atoms with Crippen LogP contribution in [-0.2, 0) is 4.79 Å². The molecule has 114 valence electrons. The molecule has 0 aliphatic rings. The van der Waals surface area contributed by atoms with Crippen LogP contribution in [0.4, 0.5) is 5.69 Å². The number of carboxylic acids is 1. The lowest BCUT2D eigenvalue weighted by atomic mass is 9.94. The van der Waals surface area contributed by atoms with Crippen LogP contribution in [0.15, 0.2) is 18.2 Å². The molecule has 0 atom stereocenters. The van der Waals surface area contributed by atoms with Crippen molar-refractivity contribution in [3.63, 3.8) is 0 Å². The van der Waals surface area contributed by atoms with Crippen LogP contribution in [-0.4, -0.2) is 35.6 Å². The van der Waals surface area contributed by atoms with E-state index in [-0.39, 0.29) is 17.8 Å². The van der Waals surface area contributed by atoms with Crippen LogP contribution in [0.3, 0.4) is 0 Å². The Morgan fingerprint density at radius 2 is 2.05 bits per heavy atom. The van der Waals surface area contributed by atoms with Gasteiger partial charge in [-0.25, -0.2) is 0 Å². The van der Waals surface area contributed by atoms with Crippen molar-refractivity contribution in [3.8, 4) is 5.75 Å². The van der Waals surface area contributed by atoms with Crippen LogP contribution < -0.4 is 10.1 Å². The van der Waals surface area contributed by atoms with E-state index in [1.807, 2.05) is 0 Å². The summed E-state index contributed by atoms with van der Waals surface area (Å²) in [6, 6.07) is 3.77. The molecule has 8 heteroatoms. The van der Waals surface area contributed by atoms with Crippen molar-refractivity contribution < 1.29 is 24.4 Å². The third-order valence-corrected chi connectivity index (χ3v) is 2.91. The summed E-state index contributed by atoms with van der Waals surface area (Å²) in [4.78, 5) is 33.3. The van der Waals surface area contributed by atoms with Crippen molar-refractivity contribution in [1.82, 2.24) is 5.32 Å². The summed E-state index contributed by atoms with van der Waals surface area (Å²) in [6.07, 6.45) is 0. The SMILES string of the molecule is COc1ccc([N+](=O)[O-])c(C(=O)NCC(C)(C)C(=O)O)c1. The highest BCUT2D eigenvalue weighted by molar-refractivity contribution is 5.98. The minimum absolute atomic E-state index is 0.157. The Kier molecular flexibility index (Phi) is 4.85. The molecule has 0 aliphatic carbocycles. The van der Waals surface area contributed by atoms with E-state index in [1.165, 1.54) is 33.1 Å². The number of carboxylic acid groups (broad SMARTS) is 1. The maximum absolute atomic E-state index is 12.0. The highest BCUT2D eigenvalue weighted by Gasteiger charge is 2.29. The minimum atomic E-state index is -1.18. The molecule has 1 rings (SSSR count). The Morgan fingerprint density at radius 3 is 2.52 bits per heavy atom. The van der Waals surface area contributed by atoms with Crippen molar-refractivity contribution >= 4 is 17.6 Å². The fourth-order valence-corrected chi connectivity index (χ4v) is 1.46. The van der Waals surface area contributed by atoms with Crippen molar-refractivity contribution in [2.24, 2.45) is 5.41 Å². The average Bonchev–Trinajstić information content (AvgIpc) is 2.43.